The first kappa shape index (κ1) is 71.6. The van der Waals surface area contributed by atoms with Gasteiger partial charge in [0.05, 0.1) is 65.2 Å². The first-order valence-electron chi connectivity index (χ1n) is 31.2. The van der Waals surface area contributed by atoms with E-state index in [4.69, 9.17) is 60.6 Å². The minimum atomic E-state index is -4.62. The molecule has 3 heterocycles. The molecule has 0 bridgehead atoms. The Morgan fingerprint density at radius 3 is 1.77 bits per heavy atom. The number of ether oxygens (including phenoxy) is 9. The largest absolute Gasteiger partial charge is 0.475 e. The molecule has 1 N–H and O–H groups in total. The molecular formula is C66H91N4O18PSi. The first-order chi connectivity index (χ1) is 43.1. The second kappa shape index (κ2) is 34.7. The zero-order valence-electron chi connectivity index (χ0n) is 53.5. The molecule has 0 aliphatic carbocycles. The van der Waals surface area contributed by atoms with Gasteiger partial charge in [0.15, 0.2) is 27.0 Å². The summed E-state index contributed by atoms with van der Waals surface area (Å²) in [4.78, 5) is 59.6. The van der Waals surface area contributed by atoms with E-state index in [0.29, 0.717) is 24.0 Å². The van der Waals surface area contributed by atoms with Crippen LogP contribution in [0.1, 0.15) is 128 Å². The van der Waals surface area contributed by atoms with Crippen LogP contribution in [0.15, 0.2) is 120 Å². The number of nitrogens with one attached hydrogen (secondary N) is 1. The van der Waals surface area contributed by atoms with Crippen LogP contribution in [0.4, 0.5) is 0 Å². The smallest absolute Gasteiger partial charge is 0.462 e. The zero-order chi connectivity index (χ0) is 64.8. The minimum absolute atomic E-state index is 0.0446. The average molecular weight is 1290 g/mol. The van der Waals surface area contributed by atoms with Crippen molar-refractivity contribution in [2.45, 2.75) is 225 Å². The number of benzene rings is 4. The van der Waals surface area contributed by atoms with E-state index in [2.05, 4.69) is 15.3 Å². The summed E-state index contributed by atoms with van der Waals surface area (Å²) in [6, 6.07) is 32.6. The monoisotopic (exact) mass is 1290 g/mol. The molecule has 3 aliphatic heterocycles. The summed E-state index contributed by atoms with van der Waals surface area (Å²) in [7, 11) is -7.48. The number of amides is 1. The van der Waals surface area contributed by atoms with Crippen molar-refractivity contribution in [3.63, 3.8) is 0 Å². The molecule has 0 spiro atoms. The molecular weight excluding hydrogens is 1200 g/mol. The fourth-order valence-electron chi connectivity index (χ4n) is 10.0. The van der Waals surface area contributed by atoms with Crippen LogP contribution in [0.2, 0.25) is 18.1 Å². The van der Waals surface area contributed by atoms with Crippen LogP contribution in [-0.4, -0.2) is 119 Å². The molecule has 2 fully saturated rings. The summed E-state index contributed by atoms with van der Waals surface area (Å²) in [6.07, 6.45) is -12.0. The number of hydrogen-bond donors (Lipinski definition) is 1. The van der Waals surface area contributed by atoms with Crippen molar-refractivity contribution in [1.82, 2.24) is 5.32 Å². The van der Waals surface area contributed by atoms with Crippen LogP contribution in [0, 0.1) is 5.92 Å². The van der Waals surface area contributed by atoms with Crippen LogP contribution in [0.5, 0.6) is 0 Å². The molecule has 24 heteroatoms. The first-order valence-corrected chi connectivity index (χ1v) is 35.6. The van der Waals surface area contributed by atoms with Crippen LogP contribution in [0.3, 0.4) is 0 Å². The van der Waals surface area contributed by atoms with Gasteiger partial charge in [0.1, 0.15) is 48.7 Å². The summed E-state index contributed by atoms with van der Waals surface area (Å²) in [5.74, 6) is -2.71. The van der Waals surface area contributed by atoms with E-state index >= 15 is 4.57 Å². The van der Waals surface area contributed by atoms with Crippen LogP contribution in [0.25, 0.3) is 10.4 Å². The molecule has 0 aromatic heterocycles. The molecule has 3 aliphatic rings. The Balaban J connectivity index is 1.33. The van der Waals surface area contributed by atoms with Crippen LogP contribution < -0.4 is 5.32 Å². The van der Waals surface area contributed by atoms with E-state index < -0.39 is 125 Å². The lowest BCUT2D eigenvalue weighted by molar-refractivity contribution is -0.301. The number of nitrogens with zero attached hydrogens (tertiary/aromatic N) is 3. The predicted molar refractivity (Wildman–Crippen MR) is 335 cm³/mol. The fourth-order valence-corrected chi connectivity index (χ4v) is 12.5. The minimum Gasteiger partial charge on any atom is -0.462 e. The van der Waals surface area contributed by atoms with Gasteiger partial charge in [-0.2, -0.15) is 0 Å². The lowest BCUT2D eigenvalue weighted by Crippen LogP contribution is -2.67. The SMILES string of the molecule is CCC(=O)O[C@H](CC)CC(=O)NC1[C@H](OCC2O[C@@H](O[Si](C)(C)C(C)(C)C)C(N=[N+]=[N-])[C@@H](OC(=O)C[C@@H](CC)OCc3ccccc3)[C@@H]2OCc2ccccc2)OC(COCc2ccccc2)[C@@H](OP2(=O)OCc3ccccc3CO2)[C@@H]1OC(=O)C[C@H](C)CC. The third-order valence-electron chi connectivity index (χ3n) is 16.6. The lowest BCUT2D eigenvalue weighted by atomic mass is 9.95. The topological polar surface area (TPSA) is 266 Å². The number of phosphoric ester groups is 1. The third-order valence-corrected chi connectivity index (χ3v) is 22.4. The van der Waals surface area contributed by atoms with E-state index in [1.54, 1.807) is 13.8 Å². The van der Waals surface area contributed by atoms with Gasteiger partial charge in [-0.05, 0) is 70.2 Å². The zero-order valence-corrected chi connectivity index (χ0v) is 55.4. The number of hydrogen-bond acceptors (Lipinski definition) is 19. The second-order valence-corrected chi connectivity index (χ2v) is 30.8. The molecule has 4 aromatic rings. The lowest BCUT2D eigenvalue weighted by Gasteiger charge is -2.49. The number of azide groups is 1. The third kappa shape index (κ3) is 21.1. The standard InChI is InChI=1S/C66H91N4O18PSi/c1-11-44(5)34-56(73)85-62-58(68-54(71)35-51(13-3)82-55(72)14-4)64(83-52(42-76-37-45-26-18-15-19-27-45)61(62)87-89(75)80-40-48-32-24-25-33-49(48)41-81-89)79-43-53-60(78-39-47-30-22-17-23-31-47)63(59(69-70-67)65(84-53)88-90(9,10)66(6,7)8)86-57(74)36-50(12-2)77-38-46-28-20-16-21-29-46/h15-33,44,50-53,58-65H,11-14,34-43H2,1-10H3,(H,68,71)/t44-,50-,51-,52?,53?,58?,59?,60-,61-,62-,63-,64-,65+/m1/s1. The Morgan fingerprint density at radius 2 is 1.20 bits per heavy atom. The highest BCUT2D eigenvalue weighted by Crippen LogP contribution is 2.55. The Hall–Kier alpha value is -5.88. The number of carbonyl (C=O) groups excluding carboxylic acids is 4. The van der Waals surface area contributed by atoms with Gasteiger partial charge < -0.3 is 52.4 Å². The Morgan fingerprint density at radius 1 is 0.656 bits per heavy atom. The maximum atomic E-state index is 15.1. The predicted octanol–water partition coefficient (Wildman–Crippen LogP) is 12.4. The summed E-state index contributed by atoms with van der Waals surface area (Å²) < 4.78 is 99.6. The molecule has 13 atom stereocenters. The van der Waals surface area contributed by atoms with Gasteiger partial charge in [0.2, 0.25) is 5.91 Å². The number of phosphoric acid groups is 1. The van der Waals surface area contributed by atoms with Gasteiger partial charge in [-0.3, -0.25) is 32.7 Å². The molecule has 4 unspecified atom stereocenters. The molecule has 0 saturated carbocycles. The van der Waals surface area contributed by atoms with Crippen molar-refractivity contribution < 1.29 is 84.4 Å². The van der Waals surface area contributed by atoms with Crippen molar-refractivity contribution in [2.24, 2.45) is 11.0 Å². The maximum absolute atomic E-state index is 15.1. The molecule has 90 heavy (non-hydrogen) atoms. The van der Waals surface area contributed by atoms with Crippen LogP contribution in [-0.2, 0) is 117 Å². The maximum Gasteiger partial charge on any atom is 0.475 e. The Kier molecular flexibility index (Phi) is 27.6. The fraction of sp³-hybridized carbons (Fsp3) is 0.576. The molecule has 4 aromatic carbocycles. The van der Waals surface area contributed by atoms with Crippen molar-refractivity contribution in [3.8, 4) is 0 Å². The molecule has 1 amide bonds. The van der Waals surface area contributed by atoms with E-state index in [0.717, 1.165) is 16.7 Å². The van der Waals surface area contributed by atoms with Crippen molar-refractivity contribution in [1.29, 1.82) is 0 Å². The molecule has 22 nitrogen and oxygen atoms in total. The van der Waals surface area contributed by atoms with Crippen molar-refractivity contribution in [3.05, 3.63) is 154 Å². The summed E-state index contributed by atoms with van der Waals surface area (Å²) in [5, 5.41) is 6.81. The normalized spacial score (nSPS) is 24.4. The van der Waals surface area contributed by atoms with E-state index in [1.165, 1.54) is 0 Å². The number of fused-ring (bicyclic) bond motifs is 1. The van der Waals surface area contributed by atoms with Gasteiger partial charge >= 0.3 is 25.7 Å². The second-order valence-electron chi connectivity index (χ2n) is 24.4. The van der Waals surface area contributed by atoms with Crippen molar-refractivity contribution >= 4 is 40.0 Å². The van der Waals surface area contributed by atoms with Gasteiger partial charge in [-0.15, -0.1) is 0 Å². The molecule has 7 rings (SSSR count). The number of rotatable bonds is 32. The quantitative estimate of drug-likeness (QED) is 0.00905. The summed E-state index contributed by atoms with van der Waals surface area (Å²) in [6.45, 7) is 18.4. The van der Waals surface area contributed by atoms with Crippen molar-refractivity contribution in [2.75, 3.05) is 13.2 Å². The van der Waals surface area contributed by atoms with Gasteiger partial charge in [-0.1, -0.05) is 182 Å². The number of esters is 3. The highest BCUT2D eigenvalue weighted by molar-refractivity contribution is 7.48. The van der Waals surface area contributed by atoms with E-state index in [1.807, 2.05) is 170 Å². The van der Waals surface area contributed by atoms with Crippen LogP contribution >= 0.6 is 7.82 Å². The molecule has 492 valence electrons. The highest BCUT2D eigenvalue weighted by atomic mass is 31.2. The van der Waals surface area contributed by atoms with E-state index in [9.17, 15) is 24.7 Å². The number of carbonyl (C=O) groups is 4. The summed E-state index contributed by atoms with van der Waals surface area (Å²) >= 11 is 0. The van der Waals surface area contributed by atoms with Gasteiger partial charge in [-0.25, -0.2) is 4.57 Å². The Bertz CT molecular complexity index is 2960. The average Bonchev–Trinajstić information content (AvgIpc) is 1.00. The molecule has 2 saturated heterocycles. The van der Waals surface area contributed by atoms with Gasteiger partial charge in [0, 0.05) is 17.8 Å². The molecule has 0 radical (unpaired) electrons. The summed E-state index contributed by atoms with van der Waals surface area (Å²) in [5.41, 5.74) is 14.2. The Labute approximate surface area is 530 Å². The van der Waals surface area contributed by atoms with E-state index in [-0.39, 0.29) is 77.7 Å². The van der Waals surface area contributed by atoms with Gasteiger partial charge in [0.25, 0.3) is 0 Å². The highest BCUT2D eigenvalue weighted by Gasteiger charge is 2.56.